The van der Waals surface area contributed by atoms with Crippen LogP contribution in [-0.4, -0.2) is 9.13 Å². The number of benzene rings is 1. The van der Waals surface area contributed by atoms with Gasteiger partial charge in [-0.05, 0) is 30.5 Å². The highest BCUT2D eigenvalue weighted by atomic mass is 19.1. The van der Waals surface area contributed by atoms with Crippen LogP contribution in [0.1, 0.15) is 23.2 Å². The van der Waals surface area contributed by atoms with Gasteiger partial charge in [0.1, 0.15) is 17.4 Å². The molecule has 1 aliphatic heterocycles. The summed E-state index contributed by atoms with van der Waals surface area (Å²) in [5, 5.41) is 9.17. The van der Waals surface area contributed by atoms with E-state index < -0.39 is 11.2 Å². The highest BCUT2D eigenvalue weighted by molar-refractivity contribution is 5.33. The molecule has 0 amide bonds. The summed E-state index contributed by atoms with van der Waals surface area (Å²) in [6.45, 7) is 0.555. The van der Waals surface area contributed by atoms with Gasteiger partial charge in [0, 0.05) is 12.2 Å². The molecule has 0 atom stereocenters. The van der Waals surface area contributed by atoms with E-state index in [4.69, 9.17) is 0 Å². The van der Waals surface area contributed by atoms with Crippen LogP contribution in [0.3, 0.4) is 0 Å². The van der Waals surface area contributed by atoms with E-state index in [1.54, 1.807) is 0 Å². The van der Waals surface area contributed by atoms with Crippen molar-refractivity contribution < 1.29 is 4.39 Å². The summed E-state index contributed by atoms with van der Waals surface area (Å²) < 4.78 is 15.4. The normalized spacial score (nSPS) is 13.0. The molecule has 2 aromatic rings. The van der Waals surface area contributed by atoms with E-state index in [0.29, 0.717) is 24.2 Å². The van der Waals surface area contributed by atoms with Gasteiger partial charge < -0.3 is 0 Å². The maximum absolute atomic E-state index is 12.9. The molecule has 0 saturated heterocycles. The molecule has 5 nitrogen and oxygen atoms in total. The number of halogens is 1. The maximum Gasteiger partial charge on any atom is 0.331 e. The molecule has 2 heterocycles. The fraction of sp³-hybridized carbons (Fsp3) is 0.267. The first-order valence-electron chi connectivity index (χ1n) is 6.63. The molecule has 3 rings (SSSR count). The van der Waals surface area contributed by atoms with Gasteiger partial charge >= 0.3 is 5.69 Å². The van der Waals surface area contributed by atoms with Gasteiger partial charge in [-0.15, -0.1) is 0 Å². The van der Waals surface area contributed by atoms with Gasteiger partial charge in [0.25, 0.3) is 5.56 Å². The highest BCUT2D eigenvalue weighted by Gasteiger charge is 2.22. The lowest BCUT2D eigenvalue weighted by Gasteiger charge is -2.10. The van der Waals surface area contributed by atoms with Crippen molar-refractivity contribution in [1.29, 1.82) is 5.26 Å². The second-order valence-electron chi connectivity index (χ2n) is 4.99. The third kappa shape index (κ3) is 2.17. The molecule has 0 N–H and O–H groups in total. The van der Waals surface area contributed by atoms with Crippen LogP contribution in [0.2, 0.25) is 0 Å². The molecule has 1 aliphatic rings. The quantitative estimate of drug-likeness (QED) is 0.827. The van der Waals surface area contributed by atoms with E-state index in [1.165, 1.54) is 28.8 Å². The highest BCUT2D eigenvalue weighted by Crippen LogP contribution is 2.13. The van der Waals surface area contributed by atoms with Crippen LogP contribution in [0.15, 0.2) is 33.9 Å². The Hall–Kier alpha value is -2.68. The van der Waals surface area contributed by atoms with E-state index in [0.717, 1.165) is 11.0 Å². The zero-order valence-electron chi connectivity index (χ0n) is 11.2. The van der Waals surface area contributed by atoms with Gasteiger partial charge in [0.05, 0.1) is 6.54 Å². The number of aromatic nitrogens is 2. The standard InChI is InChI=1S/C15H12FN3O2/c16-11-5-3-10(4-6-11)9-19-14(20)12(8-17)13-2-1-7-18(13)15(19)21/h3-6H,1-2,7,9H2. The lowest BCUT2D eigenvalue weighted by Crippen LogP contribution is -2.41. The lowest BCUT2D eigenvalue weighted by molar-refractivity contribution is 0.599. The summed E-state index contributed by atoms with van der Waals surface area (Å²) in [5.41, 5.74) is 0.228. The molecule has 1 aromatic carbocycles. The molecule has 0 saturated carbocycles. The third-order valence-corrected chi connectivity index (χ3v) is 3.70. The summed E-state index contributed by atoms with van der Waals surface area (Å²) in [5.74, 6) is -0.380. The number of hydrogen-bond acceptors (Lipinski definition) is 3. The Labute approximate surface area is 119 Å². The van der Waals surface area contributed by atoms with Crippen LogP contribution < -0.4 is 11.2 Å². The third-order valence-electron chi connectivity index (χ3n) is 3.70. The number of nitriles is 1. The topological polar surface area (TPSA) is 67.8 Å². The molecule has 0 aliphatic carbocycles. The van der Waals surface area contributed by atoms with Gasteiger partial charge in [-0.3, -0.25) is 13.9 Å². The monoisotopic (exact) mass is 285 g/mol. The van der Waals surface area contributed by atoms with Crippen molar-refractivity contribution >= 4 is 0 Å². The summed E-state index contributed by atoms with van der Waals surface area (Å²) in [7, 11) is 0. The zero-order chi connectivity index (χ0) is 15.0. The Kier molecular flexibility index (Phi) is 3.18. The Balaban J connectivity index is 2.16. The predicted octanol–water partition coefficient (Wildman–Crippen LogP) is 1.02. The van der Waals surface area contributed by atoms with Crippen LogP contribution in [0.5, 0.6) is 0 Å². The number of hydrogen-bond donors (Lipinski definition) is 0. The average molecular weight is 285 g/mol. The first kappa shape index (κ1) is 13.3. The first-order valence-corrected chi connectivity index (χ1v) is 6.63. The molecule has 0 unspecified atom stereocenters. The molecular formula is C15H12FN3O2. The van der Waals surface area contributed by atoms with Gasteiger partial charge in [0.15, 0.2) is 0 Å². The van der Waals surface area contributed by atoms with Crippen LogP contribution in [0, 0.1) is 17.1 Å². The minimum atomic E-state index is -0.569. The van der Waals surface area contributed by atoms with Crippen molar-refractivity contribution in [3.63, 3.8) is 0 Å². The Morgan fingerprint density at radius 2 is 1.95 bits per heavy atom. The zero-order valence-corrected chi connectivity index (χ0v) is 11.2. The average Bonchev–Trinajstić information content (AvgIpc) is 2.95. The van der Waals surface area contributed by atoms with E-state index in [2.05, 4.69) is 0 Å². The van der Waals surface area contributed by atoms with Crippen molar-refractivity contribution in [3.05, 3.63) is 67.7 Å². The molecule has 0 bridgehead atoms. The van der Waals surface area contributed by atoms with Crippen molar-refractivity contribution in [2.75, 3.05) is 0 Å². The molecule has 0 fully saturated rings. The lowest BCUT2D eigenvalue weighted by atomic mass is 10.2. The second kappa shape index (κ2) is 5.02. The number of nitrogens with zero attached hydrogens (tertiary/aromatic N) is 3. The molecule has 1 aromatic heterocycles. The van der Waals surface area contributed by atoms with Gasteiger partial charge in [0.2, 0.25) is 0 Å². The molecule has 0 spiro atoms. The van der Waals surface area contributed by atoms with Crippen molar-refractivity contribution in [1.82, 2.24) is 9.13 Å². The smallest absolute Gasteiger partial charge is 0.296 e. The summed E-state index contributed by atoms with van der Waals surface area (Å²) >= 11 is 0. The minimum Gasteiger partial charge on any atom is -0.296 e. The van der Waals surface area contributed by atoms with Crippen LogP contribution >= 0.6 is 0 Å². The molecular weight excluding hydrogens is 273 g/mol. The van der Waals surface area contributed by atoms with Crippen LogP contribution in [-0.2, 0) is 19.5 Å². The summed E-state index contributed by atoms with van der Waals surface area (Å²) in [6, 6.07) is 7.49. The predicted molar refractivity (Wildman–Crippen MR) is 73.5 cm³/mol. The van der Waals surface area contributed by atoms with Crippen molar-refractivity contribution in [2.45, 2.75) is 25.9 Å². The Bertz CT molecular complexity index is 857. The largest absolute Gasteiger partial charge is 0.331 e. The SMILES string of the molecule is N#Cc1c2n(c(=O)n(Cc3ccc(F)cc3)c1=O)CCC2. The van der Waals surface area contributed by atoms with E-state index in [9.17, 15) is 19.2 Å². The molecule has 6 heteroatoms. The van der Waals surface area contributed by atoms with E-state index >= 15 is 0 Å². The van der Waals surface area contributed by atoms with Crippen molar-refractivity contribution in [3.8, 4) is 6.07 Å². The maximum atomic E-state index is 12.9. The first-order chi connectivity index (χ1) is 10.1. The minimum absolute atomic E-state index is 0.0346. The second-order valence-corrected chi connectivity index (χ2v) is 4.99. The summed E-state index contributed by atoms with van der Waals surface area (Å²) in [4.78, 5) is 24.7. The van der Waals surface area contributed by atoms with Crippen LogP contribution in [0.4, 0.5) is 4.39 Å². The van der Waals surface area contributed by atoms with Gasteiger partial charge in [-0.1, -0.05) is 12.1 Å². The van der Waals surface area contributed by atoms with E-state index in [-0.39, 0.29) is 17.9 Å². The van der Waals surface area contributed by atoms with Crippen LogP contribution in [0.25, 0.3) is 0 Å². The Morgan fingerprint density at radius 1 is 1.24 bits per heavy atom. The molecule has 106 valence electrons. The van der Waals surface area contributed by atoms with Gasteiger partial charge in [-0.2, -0.15) is 5.26 Å². The fourth-order valence-electron chi connectivity index (χ4n) is 2.66. The summed E-state index contributed by atoms with van der Waals surface area (Å²) in [6.07, 6.45) is 1.33. The number of fused-ring (bicyclic) bond motifs is 1. The Morgan fingerprint density at radius 3 is 2.62 bits per heavy atom. The van der Waals surface area contributed by atoms with Crippen molar-refractivity contribution in [2.24, 2.45) is 0 Å². The van der Waals surface area contributed by atoms with E-state index in [1.807, 2.05) is 6.07 Å². The molecule has 21 heavy (non-hydrogen) atoms. The van der Waals surface area contributed by atoms with Gasteiger partial charge in [-0.25, -0.2) is 9.18 Å². The molecule has 0 radical (unpaired) electrons. The number of rotatable bonds is 2. The fourth-order valence-corrected chi connectivity index (χ4v) is 2.66.